The first-order chi connectivity index (χ1) is 8.08. The fraction of sp³-hybridized carbons (Fsp3) is 1.00. The summed E-state index contributed by atoms with van der Waals surface area (Å²) in [5.74, 6) is 0. The SMILES string of the molecule is CN(CC(F)F)CC(O)COC1CCOCC1. The Morgan fingerprint density at radius 3 is 2.59 bits per heavy atom. The van der Waals surface area contributed by atoms with E-state index in [2.05, 4.69) is 0 Å². The van der Waals surface area contributed by atoms with Crippen molar-refractivity contribution in [2.75, 3.05) is 40.0 Å². The normalized spacial score (nSPS) is 20.1. The molecule has 0 aliphatic carbocycles. The Kier molecular flexibility index (Phi) is 6.87. The molecule has 1 heterocycles. The van der Waals surface area contributed by atoms with Crippen LogP contribution in [0.4, 0.5) is 8.78 Å². The lowest BCUT2D eigenvalue weighted by Gasteiger charge is -2.25. The third kappa shape index (κ3) is 6.88. The van der Waals surface area contributed by atoms with Crippen LogP contribution in [-0.4, -0.2) is 68.6 Å². The molecule has 1 unspecified atom stereocenters. The number of rotatable bonds is 7. The predicted octanol–water partition coefficient (Wildman–Crippen LogP) is 0.740. The molecule has 0 aromatic heterocycles. The molecule has 17 heavy (non-hydrogen) atoms. The molecule has 0 aromatic carbocycles. The molecule has 1 aliphatic heterocycles. The van der Waals surface area contributed by atoms with Crippen LogP contribution in [0, 0.1) is 0 Å². The zero-order valence-electron chi connectivity index (χ0n) is 10.1. The summed E-state index contributed by atoms with van der Waals surface area (Å²) in [5.41, 5.74) is 0. The third-order valence-corrected chi connectivity index (χ3v) is 2.66. The van der Waals surface area contributed by atoms with Crippen molar-refractivity contribution in [1.29, 1.82) is 0 Å². The molecule has 1 atom stereocenters. The smallest absolute Gasteiger partial charge is 0.251 e. The molecule has 1 N–H and O–H groups in total. The summed E-state index contributed by atoms with van der Waals surface area (Å²) in [6.45, 7) is 1.44. The van der Waals surface area contributed by atoms with Gasteiger partial charge in [0.2, 0.25) is 0 Å². The quantitative estimate of drug-likeness (QED) is 0.726. The van der Waals surface area contributed by atoms with Gasteiger partial charge in [-0.1, -0.05) is 0 Å². The molecular formula is C11H21F2NO3. The maximum Gasteiger partial charge on any atom is 0.251 e. The van der Waals surface area contributed by atoms with Crippen molar-refractivity contribution < 1.29 is 23.4 Å². The van der Waals surface area contributed by atoms with E-state index >= 15 is 0 Å². The van der Waals surface area contributed by atoms with Crippen molar-refractivity contribution in [3.63, 3.8) is 0 Å². The lowest BCUT2D eigenvalue weighted by Crippen LogP contribution is -2.36. The second kappa shape index (κ2) is 7.92. The van der Waals surface area contributed by atoms with Gasteiger partial charge in [0, 0.05) is 19.8 Å². The van der Waals surface area contributed by atoms with E-state index in [-0.39, 0.29) is 25.8 Å². The zero-order valence-corrected chi connectivity index (χ0v) is 10.1. The first-order valence-electron chi connectivity index (χ1n) is 5.92. The van der Waals surface area contributed by atoms with Crippen molar-refractivity contribution in [3.8, 4) is 0 Å². The zero-order chi connectivity index (χ0) is 12.7. The summed E-state index contributed by atoms with van der Waals surface area (Å²) in [6.07, 6.45) is -1.30. The standard InChI is InChI=1S/C11H21F2NO3/c1-14(7-11(12)13)6-9(15)8-17-10-2-4-16-5-3-10/h9-11,15H,2-8H2,1H3. The van der Waals surface area contributed by atoms with E-state index < -0.39 is 12.5 Å². The minimum Gasteiger partial charge on any atom is -0.389 e. The van der Waals surface area contributed by atoms with Gasteiger partial charge in [-0.2, -0.15) is 0 Å². The Hall–Kier alpha value is -0.300. The van der Waals surface area contributed by atoms with E-state index in [1.54, 1.807) is 7.05 Å². The van der Waals surface area contributed by atoms with E-state index in [0.29, 0.717) is 13.2 Å². The van der Waals surface area contributed by atoms with Gasteiger partial charge < -0.3 is 14.6 Å². The molecule has 4 nitrogen and oxygen atoms in total. The van der Waals surface area contributed by atoms with Crippen molar-refractivity contribution in [3.05, 3.63) is 0 Å². The number of aliphatic hydroxyl groups excluding tert-OH is 1. The number of likely N-dealkylation sites (N-methyl/N-ethyl adjacent to an activating group) is 1. The number of aliphatic hydroxyl groups is 1. The maximum atomic E-state index is 12.0. The van der Waals surface area contributed by atoms with Crippen molar-refractivity contribution in [1.82, 2.24) is 4.90 Å². The summed E-state index contributed by atoms with van der Waals surface area (Å²) in [5, 5.41) is 9.62. The first-order valence-corrected chi connectivity index (χ1v) is 5.92. The summed E-state index contributed by atoms with van der Waals surface area (Å²) >= 11 is 0. The van der Waals surface area contributed by atoms with E-state index in [1.807, 2.05) is 0 Å². The van der Waals surface area contributed by atoms with Gasteiger partial charge in [-0.15, -0.1) is 0 Å². The Bertz CT molecular complexity index is 201. The monoisotopic (exact) mass is 253 g/mol. The van der Waals surface area contributed by atoms with Crippen LogP contribution in [0.5, 0.6) is 0 Å². The summed E-state index contributed by atoms with van der Waals surface area (Å²) < 4.78 is 34.8. The van der Waals surface area contributed by atoms with Gasteiger partial charge in [-0.3, -0.25) is 4.90 Å². The van der Waals surface area contributed by atoms with Crippen LogP contribution in [0.1, 0.15) is 12.8 Å². The van der Waals surface area contributed by atoms with E-state index in [1.165, 1.54) is 4.90 Å². The minimum absolute atomic E-state index is 0.124. The van der Waals surface area contributed by atoms with Gasteiger partial charge in [-0.05, 0) is 19.9 Å². The Labute approximate surface area is 100 Å². The summed E-state index contributed by atoms with van der Waals surface area (Å²) in [7, 11) is 1.56. The summed E-state index contributed by atoms with van der Waals surface area (Å²) in [4.78, 5) is 1.41. The van der Waals surface area contributed by atoms with Gasteiger partial charge in [0.25, 0.3) is 6.43 Å². The van der Waals surface area contributed by atoms with Crippen LogP contribution in [0.15, 0.2) is 0 Å². The largest absolute Gasteiger partial charge is 0.389 e. The molecule has 0 saturated carbocycles. The molecule has 0 aromatic rings. The molecule has 0 spiro atoms. The lowest BCUT2D eigenvalue weighted by molar-refractivity contribution is -0.0646. The van der Waals surface area contributed by atoms with Gasteiger partial charge in [0.05, 0.1) is 25.4 Å². The molecule has 0 radical (unpaired) electrons. The van der Waals surface area contributed by atoms with E-state index in [4.69, 9.17) is 9.47 Å². The second-order valence-electron chi connectivity index (χ2n) is 4.41. The summed E-state index contributed by atoms with van der Waals surface area (Å²) in [6, 6.07) is 0. The number of nitrogens with zero attached hydrogens (tertiary/aromatic N) is 1. The second-order valence-corrected chi connectivity index (χ2v) is 4.41. The van der Waals surface area contributed by atoms with Gasteiger partial charge in [0.1, 0.15) is 0 Å². The number of ether oxygens (including phenoxy) is 2. The highest BCUT2D eigenvalue weighted by molar-refractivity contribution is 4.66. The van der Waals surface area contributed by atoms with Crippen LogP contribution in [0.25, 0.3) is 0 Å². The van der Waals surface area contributed by atoms with Crippen LogP contribution >= 0.6 is 0 Å². The fourth-order valence-electron chi connectivity index (χ4n) is 1.81. The molecular weight excluding hydrogens is 232 g/mol. The van der Waals surface area contributed by atoms with E-state index in [0.717, 1.165) is 12.8 Å². The molecule has 6 heteroatoms. The topological polar surface area (TPSA) is 41.9 Å². The van der Waals surface area contributed by atoms with Crippen molar-refractivity contribution >= 4 is 0 Å². The molecule has 0 bridgehead atoms. The number of hydrogen-bond acceptors (Lipinski definition) is 4. The highest BCUT2D eigenvalue weighted by Gasteiger charge is 2.17. The number of alkyl halides is 2. The Morgan fingerprint density at radius 1 is 1.35 bits per heavy atom. The average Bonchev–Trinajstić information content (AvgIpc) is 2.26. The molecule has 1 saturated heterocycles. The number of halogens is 2. The molecule has 1 aliphatic rings. The maximum absolute atomic E-state index is 12.0. The van der Waals surface area contributed by atoms with Crippen molar-refractivity contribution in [2.24, 2.45) is 0 Å². The van der Waals surface area contributed by atoms with Crippen LogP contribution in [0.2, 0.25) is 0 Å². The fourth-order valence-corrected chi connectivity index (χ4v) is 1.81. The third-order valence-electron chi connectivity index (χ3n) is 2.66. The van der Waals surface area contributed by atoms with Crippen LogP contribution < -0.4 is 0 Å². The highest BCUT2D eigenvalue weighted by atomic mass is 19.3. The molecule has 1 fully saturated rings. The Balaban J connectivity index is 2.09. The average molecular weight is 253 g/mol. The number of hydrogen-bond donors (Lipinski definition) is 1. The predicted molar refractivity (Wildman–Crippen MR) is 59.3 cm³/mol. The molecule has 0 amide bonds. The van der Waals surface area contributed by atoms with Crippen LogP contribution in [-0.2, 0) is 9.47 Å². The minimum atomic E-state index is -2.37. The van der Waals surface area contributed by atoms with E-state index in [9.17, 15) is 13.9 Å². The van der Waals surface area contributed by atoms with Gasteiger partial charge >= 0.3 is 0 Å². The van der Waals surface area contributed by atoms with Gasteiger partial charge in [-0.25, -0.2) is 8.78 Å². The van der Waals surface area contributed by atoms with Crippen molar-refractivity contribution in [2.45, 2.75) is 31.5 Å². The molecule has 1 rings (SSSR count). The molecule has 102 valence electrons. The van der Waals surface area contributed by atoms with Crippen LogP contribution in [0.3, 0.4) is 0 Å². The Morgan fingerprint density at radius 2 is 2.00 bits per heavy atom. The first kappa shape index (κ1) is 14.8. The van der Waals surface area contributed by atoms with Gasteiger partial charge in [0.15, 0.2) is 0 Å². The highest BCUT2D eigenvalue weighted by Crippen LogP contribution is 2.11. The lowest BCUT2D eigenvalue weighted by atomic mass is 10.1.